The maximum Gasteiger partial charge on any atom is 0.304 e. The molecular formula is C20H40O3. The molecule has 0 N–H and O–H groups in total. The zero-order valence-electron chi connectivity index (χ0n) is 15.9. The first kappa shape index (κ1) is 22.4. The SMILES string of the molecule is CCCCCCCCCCCCCCCC(OCC)OC(C)=O. The van der Waals surface area contributed by atoms with E-state index >= 15 is 0 Å². The van der Waals surface area contributed by atoms with Crippen LogP contribution in [0.5, 0.6) is 0 Å². The van der Waals surface area contributed by atoms with Gasteiger partial charge < -0.3 is 9.47 Å². The van der Waals surface area contributed by atoms with E-state index in [0.717, 1.165) is 12.8 Å². The highest BCUT2D eigenvalue weighted by atomic mass is 16.7. The highest BCUT2D eigenvalue weighted by Crippen LogP contribution is 2.14. The van der Waals surface area contributed by atoms with Crippen molar-refractivity contribution in [1.29, 1.82) is 0 Å². The molecule has 23 heavy (non-hydrogen) atoms. The summed E-state index contributed by atoms with van der Waals surface area (Å²) < 4.78 is 10.6. The molecule has 0 amide bonds. The van der Waals surface area contributed by atoms with Crippen molar-refractivity contribution in [3.05, 3.63) is 0 Å². The monoisotopic (exact) mass is 328 g/mol. The Labute approximate surface area is 144 Å². The van der Waals surface area contributed by atoms with Crippen molar-refractivity contribution in [2.75, 3.05) is 6.61 Å². The fourth-order valence-electron chi connectivity index (χ4n) is 2.88. The third kappa shape index (κ3) is 17.6. The van der Waals surface area contributed by atoms with Gasteiger partial charge in [0.15, 0.2) is 0 Å². The lowest BCUT2D eigenvalue weighted by Crippen LogP contribution is -2.19. The molecule has 0 bridgehead atoms. The molecule has 1 unspecified atom stereocenters. The first-order valence-electron chi connectivity index (χ1n) is 9.99. The highest BCUT2D eigenvalue weighted by Gasteiger charge is 2.10. The van der Waals surface area contributed by atoms with Crippen LogP contribution in [0, 0.1) is 0 Å². The summed E-state index contributed by atoms with van der Waals surface area (Å²) in [5.41, 5.74) is 0. The predicted molar refractivity (Wildman–Crippen MR) is 97.5 cm³/mol. The summed E-state index contributed by atoms with van der Waals surface area (Å²) in [4.78, 5) is 11.0. The lowest BCUT2D eigenvalue weighted by molar-refractivity contribution is -0.176. The Bertz CT molecular complexity index is 253. The van der Waals surface area contributed by atoms with Crippen LogP contribution in [0.1, 0.15) is 111 Å². The van der Waals surface area contributed by atoms with Crippen molar-refractivity contribution in [3.63, 3.8) is 0 Å². The molecule has 3 nitrogen and oxygen atoms in total. The van der Waals surface area contributed by atoms with Crippen molar-refractivity contribution in [2.45, 2.75) is 117 Å². The number of hydrogen-bond donors (Lipinski definition) is 0. The largest absolute Gasteiger partial charge is 0.436 e. The molecular weight excluding hydrogens is 288 g/mol. The van der Waals surface area contributed by atoms with Gasteiger partial charge >= 0.3 is 5.97 Å². The first-order valence-corrected chi connectivity index (χ1v) is 9.99. The van der Waals surface area contributed by atoms with E-state index in [2.05, 4.69) is 6.92 Å². The average molecular weight is 329 g/mol. The van der Waals surface area contributed by atoms with E-state index in [4.69, 9.17) is 9.47 Å². The number of hydrogen-bond acceptors (Lipinski definition) is 3. The quantitative estimate of drug-likeness (QED) is 0.176. The summed E-state index contributed by atoms with van der Waals surface area (Å²) in [5, 5.41) is 0. The van der Waals surface area contributed by atoms with Crippen LogP contribution in [-0.2, 0) is 14.3 Å². The number of carbonyl (C=O) groups is 1. The van der Waals surface area contributed by atoms with Gasteiger partial charge in [-0.05, 0) is 13.3 Å². The Morgan fingerprint density at radius 3 is 1.57 bits per heavy atom. The topological polar surface area (TPSA) is 35.5 Å². The molecule has 0 heterocycles. The van der Waals surface area contributed by atoms with Crippen molar-refractivity contribution in [1.82, 2.24) is 0 Å². The zero-order chi connectivity index (χ0) is 17.2. The molecule has 0 fully saturated rings. The summed E-state index contributed by atoms with van der Waals surface area (Å²) >= 11 is 0. The molecule has 0 rings (SSSR count). The lowest BCUT2D eigenvalue weighted by atomic mass is 10.0. The van der Waals surface area contributed by atoms with Crippen LogP contribution in [-0.4, -0.2) is 18.9 Å². The van der Waals surface area contributed by atoms with Crippen LogP contribution in [0.25, 0.3) is 0 Å². The molecule has 0 aliphatic heterocycles. The second kappa shape index (κ2) is 17.8. The van der Waals surface area contributed by atoms with Gasteiger partial charge in [0.05, 0.1) is 0 Å². The second-order valence-electron chi connectivity index (χ2n) is 6.53. The molecule has 138 valence electrons. The van der Waals surface area contributed by atoms with Crippen LogP contribution in [0.2, 0.25) is 0 Å². The predicted octanol–water partition coefficient (Wildman–Crippen LogP) is 6.39. The van der Waals surface area contributed by atoms with Crippen LogP contribution in [0.3, 0.4) is 0 Å². The summed E-state index contributed by atoms with van der Waals surface area (Å²) in [6.45, 7) is 6.24. The van der Waals surface area contributed by atoms with E-state index in [-0.39, 0.29) is 12.3 Å². The van der Waals surface area contributed by atoms with Gasteiger partial charge in [-0.15, -0.1) is 0 Å². The Morgan fingerprint density at radius 1 is 0.739 bits per heavy atom. The van der Waals surface area contributed by atoms with Crippen molar-refractivity contribution in [3.8, 4) is 0 Å². The van der Waals surface area contributed by atoms with Crippen molar-refractivity contribution in [2.24, 2.45) is 0 Å². The molecule has 0 aromatic heterocycles. The third-order valence-electron chi connectivity index (χ3n) is 4.19. The fraction of sp³-hybridized carbons (Fsp3) is 0.950. The normalized spacial score (nSPS) is 12.3. The fourth-order valence-corrected chi connectivity index (χ4v) is 2.88. The van der Waals surface area contributed by atoms with E-state index in [1.807, 2.05) is 6.92 Å². The minimum Gasteiger partial charge on any atom is -0.436 e. The molecule has 0 aromatic carbocycles. The molecule has 0 aromatic rings. The maximum absolute atomic E-state index is 11.0. The average Bonchev–Trinajstić information content (AvgIpc) is 2.51. The van der Waals surface area contributed by atoms with Gasteiger partial charge in [-0.2, -0.15) is 0 Å². The van der Waals surface area contributed by atoms with E-state index in [1.165, 1.54) is 84.0 Å². The Kier molecular flexibility index (Phi) is 17.3. The van der Waals surface area contributed by atoms with Gasteiger partial charge in [0.1, 0.15) is 0 Å². The summed E-state index contributed by atoms with van der Waals surface area (Å²) in [7, 11) is 0. The number of unbranched alkanes of at least 4 members (excludes halogenated alkanes) is 12. The number of ether oxygens (including phenoxy) is 2. The third-order valence-corrected chi connectivity index (χ3v) is 4.19. The van der Waals surface area contributed by atoms with Crippen LogP contribution in [0.4, 0.5) is 0 Å². The van der Waals surface area contributed by atoms with Gasteiger partial charge in [-0.25, -0.2) is 0 Å². The van der Waals surface area contributed by atoms with Gasteiger partial charge in [0.2, 0.25) is 6.29 Å². The second-order valence-corrected chi connectivity index (χ2v) is 6.53. The number of rotatable bonds is 17. The lowest BCUT2D eigenvalue weighted by Gasteiger charge is -2.16. The first-order chi connectivity index (χ1) is 11.2. The van der Waals surface area contributed by atoms with Gasteiger partial charge in [-0.1, -0.05) is 84.0 Å². The van der Waals surface area contributed by atoms with E-state index < -0.39 is 0 Å². The molecule has 0 saturated heterocycles. The number of esters is 1. The minimum atomic E-state index is -0.342. The van der Waals surface area contributed by atoms with Gasteiger partial charge in [0.25, 0.3) is 0 Å². The van der Waals surface area contributed by atoms with E-state index in [1.54, 1.807) is 0 Å². The molecule has 0 spiro atoms. The van der Waals surface area contributed by atoms with E-state index in [9.17, 15) is 4.79 Å². The maximum atomic E-state index is 11.0. The zero-order valence-corrected chi connectivity index (χ0v) is 15.9. The number of carbonyl (C=O) groups excluding carboxylic acids is 1. The van der Waals surface area contributed by atoms with E-state index in [0.29, 0.717) is 6.61 Å². The summed E-state index contributed by atoms with van der Waals surface area (Å²) in [6.07, 6.45) is 18.0. The molecule has 0 aliphatic rings. The molecule has 1 atom stereocenters. The van der Waals surface area contributed by atoms with Crippen molar-refractivity contribution < 1.29 is 14.3 Å². The van der Waals surface area contributed by atoms with Crippen molar-refractivity contribution >= 4 is 5.97 Å². The Morgan fingerprint density at radius 2 is 1.17 bits per heavy atom. The Balaban J connectivity index is 3.27. The van der Waals surface area contributed by atoms with Gasteiger partial charge in [-0.3, -0.25) is 4.79 Å². The minimum absolute atomic E-state index is 0.252. The molecule has 0 aliphatic carbocycles. The smallest absolute Gasteiger partial charge is 0.304 e. The van der Waals surface area contributed by atoms with Gasteiger partial charge in [0, 0.05) is 20.0 Å². The molecule has 0 radical (unpaired) electrons. The molecule has 3 heteroatoms. The van der Waals surface area contributed by atoms with Crippen LogP contribution < -0.4 is 0 Å². The van der Waals surface area contributed by atoms with Crippen LogP contribution in [0.15, 0.2) is 0 Å². The standard InChI is InChI=1S/C20H40O3/c1-4-6-7-8-9-10-11-12-13-14-15-16-17-18-20(22-5-2)23-19(3)21/h20H,4-18H2,1-3H3. The Hall–Kier alpha value is -0.570. The van der Waals surface area contributed by atoms with Crippen LogP contribution >= 0.6 is 0 Å². The highest BCUT2D eigenvalue weighted by molar-refractivity contribution is 5.66. The molecule has 0 saturated carbocycles. The summed E-state index contributed by atoms with van der Waals surface area (Å²) in [5.74, 6) is -0.252. The summed E-state index contributed by atoms with van der Waals surface area (Å²) in [6, 6.07) is 0.